The van der Waals surface area contributed by atoms with Gasteiger partial charge in [0, 0.05) is 12.0 Å². The van der Waals surface area contributed by atoms with E-state index in [1.807, 2.05) is 0 Å². The van der Waals surface area contributed by atoms with E-state index in [2.05, 4.69) is 0 Å². The maximum atomic E-state index is 13.5. The quantitative estimate of drug-likeness (QED) is 0.532. The molecule has 0 N–H and O–H groups in total. The van der Waals surface area contributed by atoms with Gasteiger partial charge in [-0.3, -0.25) is 9.59 Å². The van der Waals surface area contributed by atoms with Crippen LogP contribution >= 0.6 is 0 Å². The van der Waals surface area contributed by atoms with Gasteiger partial charge < -0.3 is 9.47 Å². The maximum Gasteiger partial charge on any atom is 0.344 e. The third-order valence-electron chi connectivity index (χ3n) is 3.45. The molecule has 2 rings (SSSR count). The summed E-state index contributed by atoms with van der Waals surface area (Å²) in [5, 5.41) is 0. The topological polar surface area (TPSA) is 69.7 Å². The van der Waals surface area contributed by atoms with Gasteiger partial charge in [0.05, 0.1) is 5.56 Å². The second-order valence-electron chi connectivity index (χ2n) is 5.30. The summed E-state index contributed by atoms with van der Waals surface area (Å²) >= 11 is 0. The van der Waals surface area contributed by atoms with Crippen LogP contribution in [0.1, 0.15) is 34.1 Å². The fraction of sp³-hybridized carbons (Fsp3) is 0.211. The normalized spacial score (nSPS) is 10.3. The Kier molecular flexibility index (Phi) is 6.54. The molecule has 0 atom stereocenters. The van der Waals surface area contributed by atoms with E-state index >= 15 is 0 Å². The highest BCUT2D eigenvalue weighted by Gasteiger charge is 2.15. The van der Waals surface area contributed by atoms with E-state index in [4.69, 9.17) is 9.47 Å². The molecule has 0 radical (unpaired) electrons. The zero-order valence-corrected chi connectivity index (χ0v) is 14.0. The van der Waals surface area contributed by atoms with Gasteiger partial charge in [0.2, 0.25) is 5.78 Å². The molecule has 0 saturated carbocycles. The van der Waals surface area contributed by atoms with Gasteiger partial charge >= 0.3 is 5.97 Å². The minimum atomic E-state index is -0.898. The van der Waals surface area contributed by atoms with Gasteiger partial charge in [0.15, 0.2) is 19.0 Å². The van der Waals surface area contributed by atoms with Crippen molar-refractivity contribution in [3.63, 3.8) is 0 Å². The molecule has 7 heteroatoms. The number of rotatable bonds is 8. The molecule has 0 aliphatic heterocycles. The monoisotopic (exact) mass is 362 g/mol. The number of ether oxygens (including phenoxy) is 2. The van der Waals surface area contributed by atoms with Crippen LogP contribution in [0, 0.1) is 11.6 Å². The molecule has 0 spiro atoms. The largest absolute Gasteiger partial charge is 0.482 e. The zero-order valence-electron chi connectivity index (χ0n) is 14.0. The van der Waals surface area contributed by atoms with Gasteiger partial charge in [-0.15, -0.1) is 0 Å². The second-order valence-corrected chi connectivity index (χ2v) is 5.30. The number of Topliss-reactive ketones (excluding diaryl/α,β-unsaturated/α-hetero) is 2. The Morgan fingerprint density at radius 2 is 1.62 bits per heavy atom. The fourth-order valence-electron chi connectivity index (χ4n) is 2.06. The lowest BCUT2D eigenvalue weighted by Gasteiger charge is -2.08. The van der Waals surface area contributed by atoms with Crippen LogP contribution in [-0.4, -0.2) is 30.7 Å². The van der Waals surface area contributed by atoms with Gasteiger partial charge in [0.1, 0.15) is 17.4 Å². The standard InChI is InChI=1S/C19H16F2O5/c1-2-17(22)12-3-6-14(7-4-12)25-11-19(24)26-10-18(23)15-9-13(20)5-8-16(15)21/h3-9H,2,10-11H2,1H3. The summed E-state index contributed by atoms with van der Waals surface area (Å²) < 4.78 is 36.4. The van der Waals surface area contributed by atoms with Crippen molar-refractivity contribution in [2.75, 3.05) is 13.2 Å². The molecule has 0 heterocycles. The molecule has 0 aliphatic carbocycles. The predicted molar refractivity (Wildman–Crippen MR) is 88.2 cm³/mol. The molecule has 2 aromatic carbocycles. The van der Waals surface area contributed by atoms with Gasteiger partial charge in [-0.1, -0.05) is 6.92 Å². The minimum absolute atomic E-state index is 0.0148. The molecule has 0 bridgehead atoms. The van der Waals surface area contributed by atoms with Crippen molar-refractivity contribution in [3.05, 3.63) is 65.2 Å². The molecule has 0 aromatic heterocycles. The first kappa shape index (κ1) is 19.2. The van der Waals surface area contributed by atoms with E-state index in [9.17, 15) is 23.2 Å². The SMILES string of the molecule is CCC(=O)c1ccc(OCC(=O)OCC(=O)c2cc(F)ccc2F)cc1. The number of hydrogen-bond donors (Lipinski definition) is 0. The highest BCUT2D eigenvalue weighted by Crippen LogP contribution is 2.14. The highest BCUT2D eigenvalue weighted by atomic mass is 19.1. The molecule has 0 amide bonds. The fourth-order valence-corrected chi connectivity index (χ4v) is 2.06. The molecular formula is C19H16F2O5. The Hall–Kier alpha value is -3.09. The minimum Gasteiger partial charge on any atom is -0.482 e. The molecule has 0 aliphatic rings. The zero-order chi connectivity index (χ0) is 19.1. The molecule has 0 saturated heterocycles. The summed E-state index contributed by atoms with van der Waals surface area (Å²) in [4.78, 5) is 34.9. The Balaban J connectivity index is 1.82. The summed E-state index contributed by atoms with van der Waals surface area (Å²) in [5.74, 6) is -3.04. The Bertz CT molecular complexity index is 815. The van der Waals surface area contributed by atoms with Crippen molar-refractivity contribution in [1.29, 1.82) is 0 Å². The first-order valence-corrected chi connectivity index (χ1v) is 7.80. The van der Waals surface area contributed by atoms with Crippen LogP contribution in [0.2, 0.25) is 0 Å². The molecule has 0 unspecified atom stereocenters. The van der Waals surface area contributed by atoms with Crippen LogP contribution in [0.3, 0.4) is 0 Å². The van der Waals surface area contributed by atoms with Gasteiger partial charge in [0.25, 0.3) is 0 Å². The lowest BCUT2D eigenvalue weighted by atomic mass is 10.1. The van der Waals surface area contributed by atoms with E-state index in [1.165, 1.54) is 12.1 Å². The number of benzene rings is 2. The summed E-state index contributed by atoms with van der Waals surface area (Å²) in [6.07, 6.45) is 0.381. The Morgan fingerprint density at radius 1 is 0.923 bits per heavy atom. The van der Waals surface area contributed by atoms with Gasteiger partial charge in [-0.25, -0.2) is 13.6 Å². The van der Waals surface area contributed by atoms with E-state index in [1.54, 1.807) is 19.1 Å². The maximum absolute atomic E-state index is 13.5. The number of halogens is 2. The number of carbonyl (C=O) groups is 3. The second kappa shape index (κ2) is 8.84. The van der Waals surface area contributed by atoms with Crippen LogP contribution < -0.4 is 4.74 Å². The van der Waals surface area contributed by atoms with Crippen molar-refractivity contribution in [2.45, 2.75) is 13.3 Å². The molecule has 26 heavy (non-hydrogen) atoms. The van der Waals surface area contributed by atoms with E-state index < -0.39 is 42.2 Å². The molecule has 2 aromatic rings. The van der Waals surface area contributed by atoms with Crippen molar-refractivity contribution < 1.29 is 32.6 Å². The molecule has 136 valence electrons. The average molecular weight is 362 g/mol. The Morgan fingerprint density at radius 3 is 2.27 bits per heavy atom. The van der Waals surface area contributed by atoms with E-state index in [0.29, 0.717) is 17.7 Å². The number of carbonyl (C=O) groups excluding carboxylic acids is 3. The van der Waals surface area contributed by atoms with Crippen LogP contribution in [0.25, 0.3) is 0 Å². The lowest BCUT2D eigenvalue weighted by Crippen LogP contribution is -2.20. The molecule has 5 nitrogen and oxygen atoms in total. The third kappa shape index (κ3) is 5.20. The summed E-state index contributed by atoms with van der Waals surface area (Å²) in [6, 6.07) is 8.64. The van der Waals surface area contributed by atoms with Crippen LogP contribution in [0.5, 0.6) is 5.75 Å². The van der Waals surface area contributed by atoms with Crippen molar-refractivity contribution in [1.82, 2.24) is 0 Å². The third-order valence-corrected chi connectivity index (χ3v) is 3.45. The smallest absolute Gasteiger partial charge is 0.344 e. The molecular weight excluding hydrogens is 346 g/mol. The summed E-state index contributed by atoms with van der Waals surface area (Å²) in [5.41, 5.74) is 0.0417. The van der Waals surface area contributed by atoms with Crippen LogP contribution in [-0.2, 0) is 9.53 Å². The highest BCUT2D eigenvalue weighted by molar-refractivity contribution is 5.98. The van der Waals surface area contributed by atoms with E-state index in [0.717, 1.165) is 18.2 Å². The van der Waals surface area contributed by atoms with Gasteiger partial charge in [-0.2, -0.15) is 0 Å². The van der Waals surface area contributed by atoms with Crippen molar-refractivity contribution in [3.8, 4) is 5.75 Å². The number of ketones is 2. The summed E-state index contributed by atoms with van der Waals surface area (Å²) in [6.45, 7) is 0.548. The van der Waals surface area contributed by atoms with Crippen molar-refractivity contribution >= 4 is 17.5 Å². The van der Waals surface area contributed by atoms with Gasteiger partial charge in [-0.05, 0) is 42.5 Å². The van der Waals surface area contributed by atoms with E-state index in [-0.39, 0.29) is 5.78 Å². The molecule has 0 fully saturated rings. The predicted octanol–water partition coefficient (Wildman–Crippen LogP) is 3.36. The van der Waals surface area contributed by atoms with Crippen LogP contribution in [0.15, 0.2) is 42.5 Å². The van der Waals surface area contributed by atoms with Crippen LogP contribution in [0.4, 0.5) is 8.78 Å². The Labute approximate surface area is 148 Å². The lowest BCUT2D eigenvalue weighted by molar-refractivity contribution is -0.144. The summed E-state index contributed by atoms with van der Waals surface area (Å²) in [7, 11) is 0. The average Bonchev–Trinajstić information content (AvgIpc) is 2.66. The van der Waals surface area contributed by atoms with Crippen molar-refractivity contribution in [2.24, 2.45) is 0 Å². The number of esters is 1. The first-order valence-electron chi connectivity index (χ1n) is 7.80. The number of hydrogen-bond acceptors (Lipinski definition) is 5. The first-order chi connectivity index (χ1) is 12.4.